The lowest BCUT2D eigenvalue weighted by Crippen LogP contribution is -2.46. The fourth-order valence-corrected chi connectivity index (χ4v) is 4.33. The zero-order valence-corrected chi connectivity index (χ0v) is 18.0. The lowest BCUT2D eigenvalue weighted by Gasteiger charge is -2.24. The van der Waals surface area contributed by atoms with Gasteiger partial charge in [-0.3, -0.25) is 24.5 Å². The molecule has 31 heavy (non-hydrogen) atoms. The number of hydrogen-bond acceptors (Lipinski definition) is 5. The second-order valence-corrected chi connectivity index (χ2v) is 8.25. The van der Waals surface area contributed by atoms with Crippen molar-refractivity contribution in [3.05, 3.63) is 39.4 Å². The molecular weight excluding hydrogens is 400 g/mol. The first kappa shape index (κ1) is 22.7. The van der Waals surface area contributed by atoms with Crippen LogP contribution in [0, 0.1) is 17.0 Å². The van der Waals surface area contributed by atoms with E-state index >= 15 is 0 Å². The van der Waals surface area contributed by atoms with Gasteiger partial charge in [0.25, 0.3) is 11.6 Å². The van der Waals surface area contributed by atoms with E-state index in [4.69, 9.17) is 0 Å². The maximum absolute atomic E-state index is 12.9. The van der Waals surface area contributed by atoms with Crippen LogP contribution in [0.5, 0.6) is 0 Å². The molecule has 2 aliphatic heterocycles. The standard InChI is InChI=1S/C22H30N4O5/c1-16-15-17(8-9-18(16)26(30)31)22(29)25-14-6-7-19(25)21(28)23-11-10-20(27)24-12-4-2-3-5-13-24/h8-9,15,19H,2-7,10-14H2,1H3,(H,23,28). The van der Waals surface area contributed by atoms with Gasteiger partial charge in [0.15, 0.2) is 0 Å². The lowest BCUT2D eigenvalue weighted by molar-refractivity contribution is -0.385. The second kappa shape index (κ2) is 10.4. The summed E-state index contributed by atoms with van der Waals surface area (Å²) in [6.07, 6.45) is 5.89. The lowest BCUT2D eigenvalue weighted by atomic mass is 10.1. The molecule has 0 radical (unpaired) electrons. The Bertz CT molecular complexity index is 848. The van der Waals surface area contributed by atoms with E-state index in [1.165, 1.54) is 23.1 Å². The Morgan fingerprint density at radius 1 is 1.10 bits per heavy atom. The van der Waals surface area contributed by atoms with E-state index in [-0.39, 0.29) is 36.4 Å². The summed E-state index contributed by atoms with van der Waals surface area (Å²) in [7, 11) is 0. The van der Waals surface area contributed by atoms with Crippen molar-refractivity contribution in [2.75, 3.05) is 26.2 Å². The number of amides is 3. The maximum atomic E-state index is 12.9. The highest BCUT2D eigenvalue weighted by molar-refractivity contribution is 5.98. The Labute approximate surface area is 181 Å². The molecule has 168 valence electrons. The fraction of sp³-hybridized carbons (Fsp3) is 0.591. The summed E-state index contributed by atoms with van der Waals surface area (Å²) in [4.78, 5) is 51.9. The van der Waals surface area contributed by atoms with Gasteiger partial charge >= 0.3 is 0 Å². The Morgan fingerprint density at radius 2 is 1.81 bits per heavy atom. The molecule has 1 aromatic carbocycles. The molecule has 9 heteroatoms. The number of carbonyl (C=O) groups is 3. The molecule has 0 saturated carbocycles. The third kappa shape index (κ3) is 5.59. The first-order valence-corrected chi connectivity index (χ1v) is 11.0. The fourth-order valence-electron chi connectivity index (χ4n) is 4.33. The van der Waals surface area contributed by atoms with Gasteiger partial charge in [0.2, 0.25) is 11.8 Å². The molecule has 1 N–H and O–H groups in total. The average Bonchev–Trinajstić information content (AvgIpc) is 3.07. The zero-order valence-electron chi connectivity index (χ0n) is 18.0. The number of nitrogens with zero attached hydrogens (tertiary/aromatic N) is 3. The molecule has 1 atom stereocenters. The van der Waals surface area contributed by atoms with Gasteiger partial charge in [-0.25, -0.2) is 0 Å². The number of aryl methyl sites for hydroxylation is 1. The van der Waals surface area contributed by atoms with Gasteiger partial charge in [-0.05, 0) is 44.7 Å². The van der Waals surface area contributed by atoms with Crippen molar-refractivity contribution < 1.29 is 19.3 Å². The Kier molecular flexibility index (Phi) is 7.59. The van der Waals surface area contributed by atoms with Crippen LogP contribution in [0.4, 0.5) is 5.69 Å². The summed E-state index contributed by atoms with van der Waals surface area (Å²) in [5.74, 6) is -0.507. The number of hydrogen-bond donors (Lipinski definition) is 1. The number of likely N-dealkylation sites (tertiary alicyclic amines) is 2. The third-order valence-corrected chi connectivity index (χ3v) is 6.05. The molecule has 0 bridgehead atoms. The van der Waals surface area contributed by atoms with Crippen LogP contribution in [0.2, 0.25) is 0 Å². The summed E-state index contributed by atoms with van der Waals surface area (Å²) in [6.45, 7) is 3.87. The average molecular weight is 431 g/mol. The van der Waals surface area contributed by atoms with E-state index in [9.17, 15) is 24.5 Å². The molecule has 2 saturated heterocycles. The predicted octanol–water partition coefficient (Wildman–Crippen LogP) is 2.42. The van der Waals surface area contributed by atoms with Crippen molar-refractivity contribution in [3.63, 3.8) is 0 Å². The number of nitrogens with one attached hydrogen (secondary N) is 1. The molecular formula is C22H30N4O5. The van der Waals surface area contributed by atoms with Crippen molar-refractivity contribution in [1.82, 2.24) is 15.1 Å². The van der Waals surface area contributed by atoms with Crippen molar-refractivity contribution in [1.29, 1.82) is 0 Å². The van der Waals surface area contributed by atoms with Gasteiger partial charge in [0, 0.05) is 49.8 Å². The Balaban J connectivity index is 1.55. The van der Waals surface area contributed by atoms with Crippen LogP contribution in [0.25, 0.3) is 0 Å². The molecule has 2 fully saturated rings. The van der Waals surface area contributed by atoms with E-state index in [1.807, 2.05) is 4.90 Å². The number of nitro benzene ring substituents is 1. The number of rotatable bonds is 6. The van der Waals surface area contributed by atoms with E-state index in [2.05, 4.69) is 5.32 Å². The highest BCUT2D eigenvalue weighted by Crippen LogP contribution is 2.24. The number of nitro groups is 1. The van der Waals surface area contributed by atoms with Crippen LogP contribution < -0.4 is 5.32 Å². The van der Waals surface area contributed by atoms with Crippen LogP contribution in [-0.4, -0.2) is 64.7 Å². The van der Waals surface area contributed by atoms with Crippen LogP contribution in [0.1, 0.15) is 60.9 Å². The largest absolute Gasteiger partial charge is 0.354 e. The van der Waals surface area contributed by atoms with E-state index in [1.54, 1.807) is 6.92 Å². The van der Waals surface area contributed by atoms with Crippen LogP contribution in [0.15, 0.2) is 18.2 Å². The Morgan fingerprint density at radius 3 is 2.45 bits per heavy atom. The summed E-state index contributed by atoms with van der Waals surface area (Å²) in [5.41, 5.74) is 0.698. The smallest absolute Gasteiger partial charge is 0.272 e. The topological polar surface area (TPSA) is 113 Å². The quantitative estimate of drug-likeness (QED) is 0.550. The van der Waals surface area contributed by atoms with Crippen LogP contribution >= 0.6 is 0 Å². The van der Waals surface area contributed by atoms with Crippen molar-refractivity contribution in [2.24, 2.45) is 0 Å². The van der Waals surface area contributed by atoms with Gasteiger partial charge in [0.05, 0.1) is 4.92 Å². The molecule has 1 unspecified atom stereocenters. The van der Waals surface area contributed by atoms with Gasteiger partial charge in [-0.2, -0.15) is 0 Å². The minimum atomic E-state index is -0.587. The third-order valence-electron chi connectivity index (χ3n) is 6.05. The van der Waals surface area contributed by atoms with Crippen LogP contribution in [0.3, 0.4) is 0 Å². The molecule has 3 rings (SSSR count). The number of carbonyl (C=O) groups excluding carboxylic acids is 3. The van der Waals surface area contributed by atoms with Gasteiger partial charge < -0.3 is 15.1 Å². The molecule has 0 spiro atoms. The molecule has 1 aromatic rings. The molecule has 3 amide bonds. The summed E-state index contributed by atoms with van der Waals surface area (Å²) >= 11 is 0. The van der Waals surface area contributed by atoms with Crippen molar-refractivity contribution >= 4 is 23.4 Å². The van der Waals surface area contributed by atoms with Gasteiger partial charge in [-0.1, -0.05) is 12.8 Å². The molecule has 2 heterocycles. The maximum Gasteiger partial charge on any atom is 0.272 e. The van der Waals surface area contributed by atoms with Gasteiger partial charge in [-0.15, -0.1) is 0 Å². The van der Waals surface area contributed by atoms with Crippen molar-refractivity contribution in [2.45, 2.75) is 57.9 Å². The number of benzene rings is 1. The van der Waals surface area contributed by atoms with E-state index < -0.39 is 11.0 Å². The summed E-state index contributed by atoms with van der Waals surface area (Å²) < 4.78 is 0. The normalized spacial score (nSPS) is 19.1. The summed E-state index contributed by atoms with van der Waals surface area (Å²) in [5, 5.41) is 13.8. The molecule has 9 nitrogen and oxygen atoms in total. The highest BCUT2D eigenvalue weighted by atomic mass is 16.6. The van der Waals surface area contributed by atoms with Crippen LogP contribution in [-0.2, 0) is 9.59 Å². The molecule has 2 aliphatic rings. The molecule has 0 aliphatic carbocycles. The first-order chi connectivity index (χ1) is 14.9. The monoisotopic (exact) mass is 430 g/mol. The minimum Gasteiger partial charge on any atom is -0.354 e. The first-order valence-electron chi connectivity index (χ1n) is 11.0. The zero-order chi connectivity index (χ0) is 22.4. The van der Waals surface area contributed by atoms with E-state index in [0.717, 1.165) is 38.8 Å². The highest BCUT2D eigenvalue weighted by Gasteiger charge is 2.34. The summed E-state index contributed by atoms with van der Waals surface area (Å²) in [6, 6.07) is 3.66. The molecule has 0 aromatic heterocycles. The minimum absolute atomic E-state index is 0.0404. The Hall–Kier alpha value is -2.97. The SMILES string of the molecule is Cc1cc(C(=O)N2CCCC2C(=O)NCCC(=O)N2CCCCCC2)ccc1[N+](=O)[O-]. The van der Waals surface area contributed by atoms with Crippen molar-refractivity contribution in [3.8, 4) is 0 Å². The predicted molar refractivity (Wildman–Crippen MR) is 115 cm³/mol. The second-order valence-electron chi connectivity index (χ2n) is 8.25. The van der Waals surface area contributed by atoms with Gasteiger partial charge in [0.1, 0.15) is 6.04 Å². The van der Waals surface area contributed by atoms with E-state index in [0.29, 0.717) is 30.5 Å².